The number of aromatic amines is 1. The lowest BCUT2D eigenvalue weighted by Crippen LogP contribution is -2.38. The number of nitrogens with one attached hydrogen (secondary N) is 1. The number of aromatic nitrogens is 2. The third-order valence-corrected chi connectivity index (χ3v) is 9.63. The molecule has 1 aliphatic heterocycles. The maximum absolute atomic E-state index is 12.9. The number of ether oxygens (including phenoxy) is 3. The number of esters is 1. The van der Waals surface area contributed by atoms with Crippen LogP contribution in [0.2, 0.25) is 0 Å². The number of carbonyl (C=O) groups is 1. The molecule has 4 atom stereocenters. The van der Waals surface area contributed by atoms with E-state index >= 15 is 0 Å². The molecule has 1 N–H and O–H groups in total. The molecule has 0 saturated carbocycles. The molecule has 248 valence electrons. The first-order valence-corrected chi connectivity index (χ1v) is 16.7. The van der Waals surface area contributed by atoms with Gasteiger partial charge in [0.2, 0.25) is 0 Å². The summed E-state index contributed by atoms with van der Waals surface area (Å²) in [6.07, 6.45) is -0.428. The lowest BCUT2D eigenvalue weighted by molar-refractivity contribution is -0.0777. The van der Waals surface area contributed by atoms with Crippen LogP contribution in [0.4, 0.5) is 0 Å². The SMILES string of the molecule is [N-]=[N+]=N[C@@H]1[C@H](SCCOC(=O)c2ccccc2)[C@@H](COC(c2ccccc2)(c2ccccc2)c2ccccc2)O[C@H]1n1ccc(=O)[nH]c1=O. The lowest BCUT2D eigenvalue weighted by atomic mass is 9.80. The van der Waals surface area contributed by atoms with Crippen molar-refractivity contribution in [1.29, 1.82) is 0 Å². The average molecular weight is 676 g/mol. The molecule has 4 aromatic carbocycles. The van der Waals surface area contributed by atoms with Crippen molar-refractivity contribution in [1.82, 2.24) is 9.55 Å². The van der Waals surface area contributed by atoms with Crippen LogP contribution in [0.3, 0.4) is 0 Å². The summed E-state index contributed by atoms with van der Waals surface area (Å²) < 4.78 is 20.3. The molecule has 0 radical (unpaired) electrons. The second kappa shape index (κ2) is 15.7. The van der Waals surface area contributed by atoms with Crippen LogP contribution in [0, 0.1) is 0 Å². The molecule has 0 bridgehead atoms. The number of rotatable bonds is 13. The molecule has 1 aliphatic rings. The predicted molar refractivity (Wildman–Crippen MR) is 186 cm³/mol. The number of thioether (sulfide) groups is 1. The molecule has 0 aliphatic carbocycles. The van der Waals surface area contributed by atoms with Crippen molar-refractivity contribution < 1.29 is 19.0 Å². The van der Waals surface area contributed by atoms with E-state index in [4.69, 9.17) is 14.2 Å². The number of H-pyrrole nitrogens is 1. The summed E-state index contributed by atoms with van der Waals surface area (Å²) in [7, 11) is 0. The molecule has 0 amide bonds. The van der Waals surface area contributed by atoms with Gasteiger partial charge in [-0.15, -0.1) is 0 Å². The van der Waals surface area contributed by atoms with Crippen molar-refractivity contribution in [2.75, 3.05) is 19.0 Å². The molecule has 6 rings (SSSR count). The molecule has 1 fully saturated rings. The smallest absolute Gasteiger partial charge is 0.338 e. The van der Waals surface area contributed by atoms with E-state index in [1.54, 1.807) is 24.3 Å². The van der Waals surface area contributed by atoms with E-state index in [9.17, 15) is 19.9 Å². The topological polar surface area (TPSA) is 148 Å². The van der Waals surface area contributed by atoms with Crippen LogP contribution in [0.1, 0.15) is 33.3 Å². The van der Waals surface area contributed by atoms with Crippen LogP contribution in [0.25, 0.3) is 10.4 Å². The zero-order valence-corrected chi connectivity index (χ0v) is 27.1. The van der Waals surface area contributed by atoms with Gasteiger partial charge in [0, 0.05) is 28.2 Å². The van der Waals surface area contributed by atoms with Gasteiger partial charge in [0.15, 0.2) is 0 Å². The summed E-state index contributed by atoms with van der Waals surface area (Å²) in [4.78, 5) is 42.7. The first-order valence-electron chi connectivity index (χ1n) is 15.7. The monoisotopic (exact) mass is 675 g/mol. The van der Waals surface area contributed by atoms with Crippen molar-refractivity contribution in [3.8, 4) is 0 Å². The van der Waals surface area contributed by atoms with Crippen molar-refractivity contribution in [2.24, 2.45) is 5.11 Å². The van der Waals surface area contributed by atoms with Crippen molar-refractivity contribution in [2.45, 2.75) is 29.2 Å². The molecule has 1 aromatic heterocycles. The van der Waals surface area contributed by atoms with Gasteiger partial charge in [0.1, 0.15) is 18.4 Å². The zero-order chi connectivity index (χ0) is 34.1. The van der Waals surface area contributed by atoms with E-state index < -0.39 is 46.4 Å². The van der Waals surface area contributed by atoms with Gasteiger partial charge in [0.05, 0.1) is 24.3 Å². The van der Waals surface area contributed by atoms with Crippen molar-refractivity contribution in [3.05, 3.63) is 187 Å². The molecule has 1 saturated heterocycles. The maximum atomic E-state index is 12.9. The van der Waals surface area contributed by atoms with Crippen LogP contribution in [-0.2, 0) is 19.8 Å². The first kappa shape index (κ1) is 33.5. The maximum Gasteiger partial charge on any atom is 0.338 e. The summed E-state index contributed by atoms with van der Waals surface area (Å²) >= 11 is 1.39. The Kier molecular flexibility index (Phi) is 10.7. The van der Waals surface area contributed by atoms with E-state index in [0.717, 1.165) is 16.7 Å². The van der Waals surface area contributed by atoms with Gasteiger partial charge in [-0.2, -0.15) is 11.8 Å². The molecule has 0 spiro atoms. The highest BCUT2D eigenvalue weighted by Crippen LogP contribution is 2.43. The fourth-order valence-electron chi connectivity index (χ4n) is 6.05. The van der Waals surface area contributed by atoms with Crippen LogP contribution in [0.5, 0.6) is 0 Å². The number of hydrogen-bond donors (Lipinski definition) is 1. The second-order valence-corrected chi connectivity index (χ2v) is 12.5. The molecular formula is C37H33N5O6S. The normalized spacial score (nSPS) is 18.8. The molecule has 49 heavy (non-hydrogen) atoms. The summed E-state index contributed by atoms with van der Waals surface area (Å²) in [6.45, 7) is 0.100. The Morgan fingerprint density at radius 1 is 0.857 bits per heavy atom. The molecule has 5 aromatic rings. The third-order valence-electron chi connectivity index (χ3n) is 8.26. The van der Waals surface area contributed by atoms with E-state index in [-0.39, 0.29) is 13.2 Å². The van der Waals surface area contributed by atoms with Crippen LogP contribution in [0.15, 0.2) is 148 Å². The predicted octanol–water partition coefficient (Wildman–Crippen LogP) is 6.08. The average Bonchev–Trinajstić information content (AvgIpc) is 3.48. The Bertz CT molecular complexity index is 1910. The van der Waals surface area contributed by atoms with Gasteiger partial charge in [-0.3, -0.25) is 14.3 Å². The number of carbonyl (C=O) groups excluding carboxylic acids is 1. The number of hydrogen-bond acceptors (Lipinski definition) is 8. The highest BCUT2D eigenvalue weighted by atomic mass is 32.2. The standard InChI is InChI=1S/C37H33N5O6S/c38-41-40-32-33(49-24-23-46-35(44)26-13-5-1-6-14-26)30(48-34(32)42-22-21-31(43)39-36(42)45)25-47-37(27-15-7-2-8-16-27,28-17-9-3-10-18-28)29-19-11-4-12-20-29/h1-22,30,32-34H,23-25H2,(H,39,43,45)/t30-,32-,33-,34-/m1/s1. The minimum atomic E-state index is -1.06. The minimum absolute atomic E-state index is 0.0200. The Labute approximate surface area is 286 Å². The Balaban J connectivity index is 1.34. The van der Waals surface area contributed by atoms with E-state index in [1.165, 1.54) is 28.6 Å². The van der Waals surface area contributed by atoms with Crippen LogP contribution < -0.4 is 11.2 Å². The number of nitrogens with zero attached hydrogens (tertiary/aromatic N) is 4. The fraction of sp³-hybridized carbons (Fsp3) is 0.216. The summed E-state index contributed by atoms with van der Waals surface area (Å²) in [5, 5.41) is 3.54. The second-order valence-electron chi connectivity index (χ2n) is 11.2. The fourth-order valence-corrected chi connectivity index (χ4v) is 7.25. The van der Waals surface area contributed by atoms with Gasteiger partial charge in [0.25, 0.3) is 5.56 Å². The number of azide groups is 1. The molecular weight excluding hydrogens is 643 g/mol. The first-order chi connectivity index (χ1) is 24.0. The minimum Gasteiger partial charge on any atom is -0.461 e. The molecule has 2 heterocycles. The van der Waals surface area contributed by atoms with Gasteiger partial charge < -0.3 is 14.2 Å². The summed E-state index contributed by atoms with van der Waals surface area (Å²) in [6, 6.07) is 38.6. The zero-order valence-electron chi connectivity index (χ0n) is 26.3. The van der Waals surface area contributed by atoms with Gasteiger partial charge >= 0.3 is 11.7 Å². The summed E-state index contributed by atoms with van der Waals surface area (Å²) in [5.74, 6) is -0.110. The summed E-state index contributed by atoms with van der Waals surface area (Å²) in [5.41, 5.74) is 10.4. The lowest BCUT2D eigenvalue weighted by Gasteiger charge is -2.37. The van der Waals surface area contributed by atoms with Gasteiger partial charge in [-0.25, -0.2) is 9.59 Å². The Morgan fingerprint density at radius 2 is 1.41 bits per heavy atom. The Morgan fingerprint density at radius 3 is 1.94 bits per heavy atom. The van der Waals surface area contributed by atoms with Crippen molar-refractivity contribution in [3.63, 3.8) is 0 Å². The highest BCUT2D eigenvalue weighted by Gasteiger charge is 2.48. The molecule has 12 heteroatoms. The van der Waals surface area contributed by atoms with E-state index in [0.29, 0.717) is 11.3 Å². The van der Waals surface area contributed by atoms with Crippen LogP contribution >= 0.6 is 11.8 Å². The van der Waals surface area contributed by atoms with Gasteiger partial charge in [-0.05, 0) is 34.4 Å². The molecule has 11 nitrogen and oxygen atoms in total. The third kappa shape index (κ3) is 7.38. The number of benzene rings is 4. The highest BCUT2D eigenvalue weighted by molar-refractivity contribution is 8.00. The Hall–Kier alpha value is -5.39. The van der Waals surface area contributed by atoms with Gasteiger partial charge in [-0.1, -0.05) is 114 Å². The van der Waals surface area contributed by atoms with Crippen LogP contribution in [-0.4, -0.2) is 51.9 Å². The quantitative estimate of drug-likeness (QED) is 0.0397. The molecule has 0 unspecified atom stereocenters. The van der Waals surface area contributed by atoms with E-state index in [2.05, 4.69) is 15.0 Å². The van der Waals surface area contributed by atoms with Crippen molar-refractivity contribution >= 4 is 17.7 Å². The van der Waals surface area contributed by atoms with E-state index in [1.807, 2.05) is 97.1 Å². The largest absolute Gasteiger partial charge is 0.461 e.